The second-order valence-electron chi connectivity index (χ2n) is 8.67. The molecule has 1 fully saturated rings. The van der Waals surface area contributed by atoms with Crippen molar-refractivity contribution in [2.24, 2.45) is 0 Å². The van der Waals surface area contributed by atoms with E-state index >= 15 is 0 Å². The highest BCUT2D eigenvalue weighted by atomic mass is 35.5. The normalized spacial score (nSPS) is 13.8. The predicted molar refractivity (Wildman–Crippen MR) is 153 cm³/mol. The number of hydrogen-bond donors (Lipinski definition) is 2. The van der Waals surface area contributed by atoms with E-state index in [0.717, 1.165) is 44.2 Å². The van der Waals surface area contributed by atoms with Gasteiger partial charge in [-0.15, -0.1) is 0 Å². The number of methoxy groups -OCH3 is 2. The minimum Gasteiger partial charge on any atom is -0.495 e. The Morgan fingerprint density at radius 3 is 2.19 bits per heavy atom. The first-order valence-corrected chi connectivity index (χ1v) is 12.9. The molecule has 1 saturated heterocycles. The van der Waals surface area contributed by atoms with Crippen molar-refractivity contribution in [2.45, 2.75) is 6.92 Å². The minimum atomic E-state index is 0.377. The number of anilines is 5. The molecule has 2 N–H and O–H groups in total. The van der Waals surface area contributed by atoms with Crippen LogP contribution in [-0.2, 0) is 0 Å². The van der Waals surface area contributed by atoms with Gasteiger partial charge in [-0.3, -0.25) is 0 Å². The van der Waals surface area contributed by atoms with Crippen LogP contribution < -0.4 is 29.9 Å². The molecule has 2 heterocycles. The van der Waals surface area contributed by atoms with Gasteiger partial charge in [-0.1, -0.05) is 30.1 Å². The van der Waals surface area contributed by atoms with E-state index < -0.39 is 0 Å². The van der Waals surface area contributed by atoms with Gasteiger partial charge < -0.3 is 34.8 Å². The van der Waals surface area contributed by atoms with E-state index in [-0.39, 0.29) is 0 Å². The third-order valence-corrected chi connectivity index (χ3v) is 7.19. The fourth-order valence-corrected chi connectivity index (χ4v) is 4.80. The quantitative estimate of drug-likeness (QED) is 0.334. The van der Waals surface area contributed by atoms with E-state index in [0.29, 0.717) is 39.7 Å². The molecule has 2 aromatic carbocycles. The molecule has 0 saturated carbocycles. The van der Waals surface area contributed by atoms with Crippen LogP contribution in [-0.4, -0.2) is 75.5 Å². The number of halogens is 2. The number of rotatable bonds is 10. The molecule has 0 spiro atoms. The molecule has 11 heteroatoms. The third kappa shape index (κ3) is 6.41. The molecule has 37 heavy (non-hydrogen) atoms. The van der Waals surface area contributed by atoms with Gasteiger partial charge in [0.15, 0.2) is 0 Å². The average molecular weight is 547 g/mol. The topological polar surface area (TPSA) is 78.0 Å². The van der Waals surface area contributed by atoms with E-state index in [4.69, 9.17) is 32.7 Å². The molecule has 0 bridgehead atoms. The Labute approximate surface area is 228 Å². The highest BCUT2D eigenvalue weighted by Gasteiger charge is 2.18. The highest BCUT2D eigenvalue weighted by molar-refractivity contribution is 6.41. The van der Waals surface area contributed by atoms with Crippen LogP contribution in [0.5, 0.6) is 11.5 Å². The van der Waals surface area contributed by atoms with Crippen LogP contribution in [0.25, 0.3) is 0 Å². The summed E-state index contributed by atoms with van der Waals surface area (Å²) >= 11 is 13.0. The SMILES string of the molecule is CCN1CCN(c2ccc(Nc3cc(N(C)CNc4c(Cl)c(OC)cc(OC)c4Cl)ncn3)cc2)CC1. The van der Waals surface area contributed by atoms with Crippen molar-refractivity contribution in [3.05, 3.63) is 52.8 Å². The maximum absolute atomic E-state index is 6.48. The van der Waals surface area contributed by atoms with Gasteiger partial charge in [-0.25, -0.2) is 9.97 Å². The Morgan fingerprint density at radius 1 is 0.946 bits per heavy atom. The lowest BCUT2D eigenvalue weighted by Crippen LogP contribution is -2.46. The Morgan fingerprint density at radius 2 is 1.59 bits per heavy atom. The first-order valence-electron chi connectivity index (χ1n) is 12.1. The molecule has 1 aromatic heterocycles. The largest absolute Gasteiger partial charge is 0.495 e. The van der Waals surface area contributed by atoms with Crippen molar-refractivity contribution >= 4 is 51.9 Å². The lowest BCUT2D eigenvalue weighted by molar-refractivity contribution is 0.271. The summed E-state index contributed by atoms with van der Waals surface area (Å²) in [6, 6.07) is 12.0. The summed E-state index contributed by atoms with van der Waals surface area (Å²) in [6.45, 7) is 8.02. The van der Waals surface area contributed by atoms with Crippen LogP contribution in [0, 0.1) is 0 Å². The summed E-state index contributed by atoms with van der Waals surface area (Å²) in [4.78, 5) is 15.6. The Hall–Kier alpha value is -3.14. The molecule has 0 unspecified atom stereocenters. The number of aromatic nitrogens is 2. The lowest BCUT2D eigenvalue weighted by atomic mass is 10.2. The maximum Gasteiger partial charge on any atom is 0.143 e. The number of piperazine rings is 1. The van der Waals surface area contributed by atoms with Crippen molar-refractivity contribution in [2.75, 3.05) is 81.1 Å². The van der Waals surface area contributed by atoms with Gasteiger partial charge in [0.1, 0.15) is 39.5 Å². The monoisotopic (exact) mass is 545 g/mol. The Kier molecular flexibility index (Phi) is 9.02. The number of nitrogens with zero attached hydrogens (tertiary/aromatic N) is 5. The van der Waals surface area contributed by atoms with Crippen LogP contribution >= 0.6 is 23.2 Å². The Bertz CT molecular complexity index is 1160. The molecule has 1 aliphatic rings. The first kappa shape index (κ1) is 26.9. The van der Waals surface area contributed by atoms with Crippen LogP contribution in [0.4, 0.5) is 28.7 Å². The van der Waals surface area contributed by atoms with E-state index in [9.17, 15) is 0 Å². The second-order valence-corrected chi connectivity index (χ2v) is 9.43. The molecule has 0 aliphatic carbocycles. The molecule has 0 atom stereocenters. The molecule has 1 aliphatic heterocycles. The third-order valence-electron chi connectivity index (χ3n) is 6.43. The number of ether oxygens (including phenoxy) is 2. The molecular formula is C26H33Cl2N7O2. The van der Waals surface area contributed by atoms with Gasteiger partial charge in [-0.2, -0.15) is 0 Å². The Balaban J connectivity index is 1.39. The fourth-order valence-electron chi connectivity index (χ4n) is 4.17. The van der Waals surface area contributed by atoms with Crippen molar-refractivity contribution in [3.63, 3.8) is 0 Å². The van der Waals surface area contributed by atoms with Crippen LogP contribution in [0.15, 0.2) is 42.7 Å². The summed E-state index contributed by atoms with van der Waals surface area (Å²) in [6.07, 6.45) is 1.53. The van der Waals surface area contributed by atoms with Crippen molar-refractivity contribution < 1.29 is 9.47 Å². The second kappa shape index (κ2) is 12.4. The lowest BCUT2D eigenvalue weighted by Gasteiger charge is -2.35. The molecular weight excluding hydrogens is 513 g/mol. The van der Waals surface area contributed by atoms with Crippen LogP contribution in [0.1, 0.15) is 6.92 Å². The summed E-state index contributed by atoms with van der Waals surface area (Å²) < 4.78 is 10.7. The molecule has 3 aromatic rings. The van der Waals surface area contributed by atoms with Gasteiger partial charge in [0.05, 0.1) is 26.6 Å². The average Bonchev–Trinajstić information content (AvgIpc) is 2.93. The zero-order chi connectivity index (χ0) is 26.4. The van der Waals surface area contributed by atoms with Crippen molar-refractivity contribution in [3.8, 4) is 11.5 Å². The zero-order valence-electron chi connectivity index (χ0n) is 21.6. The van der Waals surface area contributed by atoms with Crippen molar-refractivity contribution in [1.82, 2.24) is 14.9 Å². The standard InChI is InChI=1S/C26H33Cl2N7O2/c1-5-34-10-12-35(13-11-34)19-8-6-18(7-9-19)32-22-15-23(30-16-29-22)33(2)17-31-26-24(27)20(36-3)14-21(37-4)25(26)28/h6-9,14-16,31H,5,10-13,17H2,1-4H3,(H,29,30,32). The van der Waals surface area contributed by atoms with Gasteiger partial charge in [0.25, 0.3) is 0 Å². The smallest absolute Gasteiger partial charge is 0.143 e. The van der Waals surface area contributed by atoms with Gasteiger partial charge in [-0.05, 0) is 30.8 Å². The van der Waals surface area contributed by atoms with E-state index in [2.05, 4.69) is 61.6 Å². The van der Waals surface area contributed by atoms with E-state index in [1.165, 1.54) is 12.0 Å². The summed E-state index contributed by atoms with van der Waals surface area (Å²) in [5.41, 5.74) is 2.72. The van der Waals surface area contributed by atoms with Gasteiger partial charge in [0.2, 0.25) is 0 Å². The summed E-state index contributed by atoms with van der Waals surface area (Å²) in [5, 5.41) is 7.38. The minimum absolute atomic E-state index is 0.377. The molecule has 198 valence electrons. The summed E-state index contributed by atoms with van der Waals surface area (Å²) in [5.74, 6) is 2.35. The number of benzene rings is 2. The molecule has 9 nitrogen and oxygen atoms in total. The number of hydrogen-bond acceptors (Lipinski definition) is 9. The molecule has 0 amide bonds. The van der Waals surface area contributed by atoms with Crippen LogP contribution in [0.3, 0.4) is 0 Å². The van der Waals surface area contributed by atoms with E-state index in [1.54, 1.807) is 20.3 Å². The molecule has 4 rings (SSSR count). The van der Waals surface area contributed by atoms with Crippen molar-refractivity contribution in [1.29, 1.82) is 0 Å². The van der Waals surface area contributed by atoms with E-state index in [1.807, 2.05) is 18.0 Å². The highest BCUT2D eigenvalue weighted by Crippen LogP contribution is 2.44. The zero-order valence-corrected chi connectivity index (χ0v) is 23.1. The van der Waals surface area contributed by atoms with Gasteiger partial charge >= 0.3 is 0 Å². The predicted octanol–water partition coefficient (Wildman–Crippen LogP) is 5.19. The number of likely N-dealkylation sites (N-methyl/N-ethyl adjacent to an activating group) is 1. The maximum atomic E-state index is 6.48. The van der Waals surface area contributed by atoms with Gasteiger partial charge in [0, 0.05) is 56.7 Å². The summed E-state index contributed by atoms with van der Waals surface area (Å²) in [7, 11) is 4.99. The van der Waals surface area contributed by atoms with Crippen LogP contribution in [0.2, 0.25) is 10.0 Å². The fraction of sp³-hybridized carbons (Fsp3) is 0.385. The number of nitrogens with one attached hydrogen (secondary N) is 2. The first-order chi connectivity index (χ1) is 17.9. The molecule has 0 radical (unpaired) electrons.